The lowest BCUT2D eigenvalue weighted by molar-refractivity contribution is -0.133. The van der Waals surface area contributed by atoms with E-state index in [9.17, 15) is 9.59 Å². The molecule has 0 radical (unpaired) electrons. The summed E-state index contributed by atoms with van der Waals surface area (Å²) in [6, 6.07) is 12.5. The van der Waals surface area contributed by atoms with E-state index in [0.29, 0.717) is 17.3 Å². The molecule has 26 heavy (non-hydrogen) atoms. The average molecular weight is 394 g/mol. The Balaban J connectivity index is 1.96. The van der Waals surface area contributed by atoms with Gasteiger partial charge in [-0.2, -0.15) is 0 Å². The Labute approximate surface area is 162 Å². The molecule has 138 valence electrons. The topological polar surface area (TPSA) is 55.8 Å². The first kappa shape index (κ1) is 20.1. The third-order valence-electron chi connectivity index (χ3n) is 3.75. The van der Waals surface area contributed by atoms with Crippen LogP contribution in [0.5, 0.6) is 5.75 Å². The van der Waals surface area contributed by atoms with Crippen molar-refractivity contribution in [1.82, 2.24) is 4.90 Å². The number of rotatable bonds is 7. The Morgan fingerprint density at radius 1 is 1.19 bits per heavy atom. The summed E-state index contributed by atoms with van der Waals surface area (Å²) in [5.74, 6) is -0.240. The minimum atomic E-state index is -0.620. The van der Waals surface area contributed by atoms with Crippen LogP contribution in [0, 0.1) is 0 Å². The van der Waals surface area contributed by atoms with Crippen molar-refractivity contribution in [3.63, 3.8) is 0 Å². The number of thioether (sulfide) groups is 1. The van der Waals surface area contributed by atoms with Crippen LogP contribution in [0.4, 0.5) is 0 Å². The van der Waals surface area contributed by atoms with Gasteiger partial charge >= 0.3 is 5.97 Å². The molecule has 0 bridgehead atoms. The van der Waals surface area contributed by atoms with Gasteiger partial charge in [-0.3, -0.25) is 4.79 Å². The first-order valence-electron chi connectivity index (χ1n) is 7.82. The van der Waals surface area contributed by atoms with Crippen molar-refractivity contribution in [2.45, 2.75) is 11.4 Å². The standard InChI is InChI=1S/C19H20ClNO4S/c1-21(11-13-6-4-5-7-17(13)24-2)18(22)12-25-19(23)15-10-14(26-3)8-9-16(15)20/h4-10H,11-12H2,1-3H3. The molecule has 0 aliphatic heterocycles. The molecule has 0 atom stereocenters. The van der Waals surface area contributed by atoms with Gasteiger partial charge in [0.15, 0.2) is 6.61 Å². The molecule has 0 saturated carbocycles. The molecule has 5 nitrogen and oxygen atoms in total. The van der Waals surface area contributed by atoms with Crippen molar-refractivity contribution < 1.29 is 19.1 Å². The van der Waals surface area contributed by atoms with E-state index in [2.05, 4.69) is 0 Å². The third kappa shape index (κ3) is 5.16. The van der Waals surface area contributed by atoms with Gasteiger partial charge in [0.05, 0.1) is 17.7 Å². The number of hydrogen-bond donors (Lipinski definition) is 0. The second-order valence-corrected chi connectivity index (χ2v) is 6.77. The molecule has 0 N–H and O–H groups in total. The normalized spacial score (nSPS) is 10.3. The number of methoxy groups -OCH3 is 1. The van der Waals surface area contributed by atoms with Crippen molar-refractivity contribution in [3.8, 4) is 5.75 Å². The summed E-state index contributed by atoms with van der Waals surface area (Å²) >= 11 is 7.54. The number of likely N-dealkylation sites (N-methyl/N-ethyl adjacent to an activating group) is 1. The smallest absolute Gasteiger partial charge is 0.340 e. The van der Waals surface area contributed by atoms with Gasteiger partial charge in [-0.1, -0.05) is 29.8 Å². The molecule has 2 rings (SSSR count). The number of ether oxygens (including phenoxy) is 2. The van der Waals surface area contributed by atoms with Crippen LogP contribution in [0.2, 0.25) is 5.02 Å². The number of carbonyl (C=O) groups excluding carboxylic acids is 2. The Morgan fingerprint density at radius 3 is 2.62 bits per heavy atom. The summed E-state index contributed by atoms with van der Waals surface area (Å²) in [7, 11) is 3.22. The van der Waals surface area contributed by atoms with Crippen LogP contribution >= 0.6 is 23.4 Å². The number of para-hydroxylation sites is 1. The maximum Gasteiger partial charge on any atom is 0.340 e. The predicted molar refractivity (Wildman–Crippen MR) is 103 cm³/mol. The molecule has 0 saturated heterocycles. The van der Waals surface area contributed by atoms with Gasteiger partial charge in [-0.15, -0.1) is 11.8 Å². The van der Waals surface area contributed by atoms with Crippen LogP contribution in [-0.2, 0) is 16.1 Å². The van der Waals surface area contributed by atoms with Crippen molar-refractivity contribution in [2.75, 3.05) is 27.0 Å². The maximum atomic E-state index is 12.3. The second-order valence-electron chi connectivity index (χ2n) is 5.48. The fourth-order valence-corrected chi connectivity index (χ4v) is 2.91. The molecular formula is C19H20ClNO4S. The van der Waals surface area contributed by atoms with Crippen LogP contribution in [0.3, 0.4) is 0 Å². The van der Waals surface area contributed by atoms with E-state index in [1.165, 1.54) is 16.7 Å². The summed E-state index contributed by atoms with van der Waals surface area (Å²) < 4.78 is 10.4. The number of halogens is 1. The molecule has 0 fully saturated rings. The number of amides is 1. The van der Waals surface area contributed by atoms with Gasteiger partial charge in [0.2, 0.25) is 0 Å². The largest absolute Gasteiger partial charge is 0.496 e. The highest BCUT2D eigenvalue weighted by Crippen LogP contribution is 2.24. The van der Waals surface area contributed by atoms with Crippen molar-refractivity contribution in [2.24, 2.45) is 0 Å². The first-order chi connectivity index (χ1) is 12.5. The van der Waals surface area contributed by atoms with Gasteiger partial charge in [0, 0.05) is 24.1 Å². The van der Waals surface area contributed by atoms with E-state index in [4.69, 9.17) is 21.1 Å². The lowest BCUT2D eigenvalue weighted by Gasteiger charge is -2.18. The molecule has 0 spiro atoms. The monoisotopic (exact) mass is 393 g/mol. The molecule has 0 aliphatic carbocycles. The molecule has 2 aromatic rings. The summed E-state index contributed by atoms with van der Waals surface area (Å²) in [5, 5.41) is 0.294. The van der Waals surface area contributed by atoms with Crippen molar-refractivity contribution in [3.05, 3.63) is 58.6 Å². The van der Waals surface area contributed by atoms with Crippen molar-refractivity contribution in [1.29, 1.82) is 0 Å². The fraction of sp³-hybridized carbons (Fsp3) is 0.263. The number of nitrogens with zero attached hydrogens (tertiary/aromatic N) is 1. The molecule has 1 amide bonds. The van der Waals surface area contributed by atoms with Crippen molar-refractivity contribution >= 4 is 35.2 Å². The van der Waals surface area contributed by atoms with E-state index >= 15 is 0 Å². The summed E-state index contributed by atoms with van der Waals surface area (Å²) in [5.41, 5.74) is 1.12. The van der Waals surface area contributed by atoms with Gasteiger partial charge in [-0.05, 0) is 30.5 Å². The first-order valence-corrected chi connectivity index (χ1v) is 9.43. The Hall–Kier alpha value is -2.18. The third-order valence-corrected chi connectivity index (χ3v) is 4.80. The highest BCUT2D eigenvalue weighted by molar-refractivity contribution is 7.98. The number of carbonyl (C=O) groups is 2. The van der Waals surface area contributed by atoms with E-state index in [1.807, 2.05) is 36.6 Å². The van der Waals surface area contributed by atoms with E-state index in [1.54, 1.807) is 26.3 Å². The highest BCUT2D eigenvalue weighted by atomic mass is 35.5. The summed E-state index contributed by atoms with van der Waals surface area (Å²) in [6.07, 6.45) is 1.90. The minimum absolute atomic E-state index is 0.249. The molecule has 0 aromatic heterocycles. The Kier molecular flexibility index (Phi) is 7.36. The fourth-order valence-electron chi connectivity index (χ4n) is 2.28. The zero-order valence-electron chi connectivity index (χ0n) is 14.8. The van der Waals surface area contributed by atoms with E-state index < -0.39 is 5.97 Å². The maximum absolute atomic E-state index is 12.3. The molecule has 2 aromatic carbocycles. The molecule has 7 heteroatoms. The van der Waals surface area contributed by atoms with Crippen LogP contribution in [0.15, 0.2) is 47.4 Å². The van der Waals surface area contributed by atoms with E-state index in [0.717, 1.165) is 10.5 Å². The molecular weight excluding hydrogens is 374 g/mol. The van der Waals surface area contributed by atoms with Crippen LogP contribution in [-0.4, -0.2) is 43.8 Å². The molecule has 0 aliphatic rings. The predicted octanol–water partition coefficient (Wildman–Crippen LogP) is 3.89. The van der Waals surface area contributed by atoms with Gasteiger partial charge in [0.25, 0.3) is 5.91 Å². The lowest BCUT2D eigenvalue weighted by Crippen LogP contribution is -2.31. The molecule has 0 unspecified atom stereocenters. The Morgan fingerprint density at radius 2 is 1.92 bits per heavy atom. The van der Waals surface area contributed by atoms with E-state index in [-0.39, 0.29) is 18.1 Å². The zero-order valence-corrected chi connectivity index (χ0v) is 16.4. The minimum Gasteiger partial charge on any atom is -0.496 e. The molecule has 0 heterocycles. The lowest BCUT2D eigenvalue weighted by atomic mass is 10.2. The summed E-state index contributed by atoms with van der Waals surface area (Å²) in [4.78, 5) is 26.8. The average Bonchev–Trinajstić information content (AvgIpc) is 2.66. The SMILES string of the molecule is COc1ccccc1CN(C)C(=O)COC(=O)c1cc(SC)ccc1Cl. The quantitative estimate of drug-likeness (QED) is 0.527. The second kappa shape index (κ2) is 9.50. The van der Waals surface area contributed by atoms with Crippen LogP contribution < -0.4 is 4.74 Å². The number of esters is 1. The highest BCUT2D eigenvalue weighted by Gasteiger charge is 2.17. The summed E-state index contributed by atoms with van der Waals surface area (Å²) in [6.45, 7) is -0.00653. The van der Waals surface area contributed by atoms with Gasteiger partial charge < -0.3 is 14.4 Å². The Bertz CT molecular complexity index is 797. The van der Waals surface area contributed by atoms with Crippen LogP contribution in [0.1, 0.15) is 15.9 Å². The van der Waals surface area contributed by atoms with Gasteiger partial charge in [0.1, 0.15) is 5.75 Å². The number of hydrogen-bond acceptors (Lipinski definition) is 5. The number of benzene rings is 2. The van der Waals surface area contributed by atoms with Crippen LogP contribution in [0.25, 0.3) is 0 Å². The van der Waals surface area contributed by atoms with Gasteiger partial charge in [-0.25, -0.2) is 4.79 Å². The zero-order chi connectivity index (χ0) is 19.1.